The standard InChI is InChI=1S/C11H17NOS/c1-2-3-8-14(13)9-10-6-4-5-7-11(10)12/h4-7H,2-3,8-9,12H2,1H3. The van der Waals surface area contributed by atoms with Gasteiger partial charge in [-0.25, -0.2) is 0 Å². The van der Waals surface area contributed by atoms with Crippen LogP contribution in [0.25, 0.3) is 0 Å². The molecule has 1 rings (SSSR count). The molecule has 1 atom stereocenters. The Labute approximate surface area is 88.0 Å². The molecule has 0 saturated heterocycles. The van der Waals surface area contributed by atoms with E-state index in [1.165, 1.54) is 0 Å². The Hall–Kier alpha value is -0.830. The van der Waals surface area contributed by atoms with E-state index in [2.05, 4.69) is 6.92 Å². The Morgan fingerprint density at radius 2 is 2.07 bits per heavy atom. The van der Waals surface area contributed by atoms with Gasteiger partial charge in [0.2, 0.25) is 0 Å². The summed E-state index contributed by atoms with van der Waals surface area (Å²) in [6.07, 6.45) is 2.12. The van der Waals surface area contributed by atoms with Crippen LogP contribution in [0.1, 0.15) is 25.3 Å². The Balaban J connectivity index is 2.52. The van der Waals surface area contributed by atoms with Gasteiger partial charge < -0.3 is 5.73 Å². The van der Waals surface area contributed by atoms with Crippen LogP contribution in [-0.4, -0.2) is 9.96 Å². The lowest BCUT2D eigenvalue weighted by atomic mass is 10.2. The first kappa shape index (κ1) is 11.2. The zero-order chi connectivity index (χ0) is 10.4. The highest BCUT2D eigenvalue weighted by Gasteiger charge is 2.03. The molecular weight excluding hydrogens is 194 g/mol. The van der Waals surface area contributed by atoms with E-state index < -0.39 is 10.8 Å². The van der Waals surface area contributed by atoms with Crippen molar-refractivity contribution in [1.29, 1.82) is 0 Å². The number of hydrogen-bond acceptors (Lipinski definition) is 2. The van der Waals surface area contributed by atoms with Crippen molar-refractivity contribution >= 4 is 16.5 Å². The topological polar surface area (TPSA) is 43.1 Å². The summed E-state index contributed by atoms with van der Waals surface area (Å²) in [5.74, 6) is 1.37. The number of hydrogen-bond donors (Lipinski definition) is 1. The molecular formula is C11H17NOS. The van der Waals surface area contributed by atoms with Gasteiger partial charge in [-0.3, -0.25) is 4.21 Å². The third kappa shape index (κ3) is 3.50. The van der Waals surface area contributed by atoms with Crippen LogP contribution in [-0.2, 0) is 16.6 Å². The minimum atomic E-state index is -0.761. The number of nitrogens with two attached hydrogens (primary N) is 1. The molecule has 0 spiro atoms. The average molecular weight is 211 g/mol. The van der Waals surface area contributed by atoms with Gasteiger partial charge in [-0.05, 0) is 18.1 Å². The smallest absolute Gasteiger partial charge is 0.0505 e. The van der Waals surface area contributed by atoms with Crippen LogP contribution in [0.15, 0.2) is 24.3 Å². The van der Waals surface area contributed by atoms with E-state index in [9.17, 15) is 4.21 Å². The monoisotopic (exact) mass is 211 g/mol. The Morgan fingerprint density at radius 3 is 2.71 bits per heavy atom. The van der Waals surface area contributed by atoms with Crippen molar-refractivity contribution in [2.75, 3.05) is 11.5 Å². The van der Waals surface area contributed by atoms with Crippen LogP contribution in [0, 0.1) is 0 Å². The van der Waals surface area contributed by atoms with Crippen molar-refractivity contribution < 1.29 is 4.21 Å². The predicted molar refractivity (Wildman–Crippen MR) is 62.5 cm³/mol. The highest BCUT2D eigenvalue weighted by molar-refractivity contribution is 7.84. The van der Waals surface area contributed by atoms with Crippen LogP contribution in [0.2, 0.25) is 0 Å². The second-order valence-corrected chi connectivity index (χ2v) is 4.92. The van der Waals surface area contributed by atoms with Gasteiger partial charge in [-0.2, -0.15) is 0 Å². The average Bonchev–Trinajstić information content (AvgIpc) is 2.18. The molecule has 3 heteroatoms. The third-order valence-corrected chi connectivity index (χ3v) is 3.47. The van der Waals surface area contributed by atoms with E-state index in [1.54, 1.807) is 0 Å². The fourth-order valence-corrected chi connectivity index (χ4v) is 2.58. The molecule has 0 radical (unpaired) electrons. The summed E-state index contributed by atoms with van der Waals surface area (Å²) in [4.78, 5) is 0. The zero-order valence-corrected chi connectivity index (χ0v) is 9.35. The Kier molecular flexibility index (Phi) is 4.66. The summed E-state index contributed by atoms with van der Waals surface area (Å²) < 4.78 is 11.6. The van der Waals surface area contributed by atoms with Crippen molar-refractivity contribution in [3.63, 3.8) is 0 Å². The van der Waals surface area contributed by atoms with E-state index in [1.807, 2.05) is 24.3 Å². The number of para-hydroxylation sites is 1. The summed E-state index contributed by atoms with van der Waals surface area (Å²) >= 11 is 0. The molecule has 14 heavy (non-hydrogen) atoms. The highest BCUT2D eigenvalue weighted by Crippen LogP contribution is 2.13. The second kappa shape index (κ2) is 5.81. The number of unbranched alkanes of at least 4 members (excludes halogenated alkanes) is 1. The third-order valence-electron chi connectivity index (χ3n) is 2.10. The van der Waals surface area contributed by atoms with Crippen molar-refractivity contribution in [2.24, 2.45) is 0 Å². The van der Waals surface area contributed by atoms with Crippen LogP contribution in [0.4, 0.5) is 5.69 Å². The van der Waals surface area contributed by atoms with Crippen LogP contribution in [0.5, 0.6) is 0 Å². The highest BCUT2D eigenvalue weighted by atomic mass is 32.2. The normalized spacial score (nSPS) is 12.6. The largest absolute Gasteiger partial charge is 0.398 e. The molecule has 2 nitrogen and oxygen atoms in total. The van der Waals surface area contributed by atoms with Gasteiger partial charge in [-0.15, -0.1) is 0 Å². The molecule has 0 aromatic heterocycles. The van der Waals surface area contributed by atoms with Gasteiger partial charge in [0.05, 0.1) is 5.75 Å². The molecule has 2 N–H and O–H groups in total. The first-order valence-corrected chi connectivity index (χ1v) is 6.41. The molecule has 0 heterocycles. The van der Waals surface area contributed by atoms with E-state index >= 15 is 0 Å². The maximum absolute atomic E-state index is 11.6. The van der Waals surface area contributed by atoms with Gasteiger partial charge >= 0.3 is 0 Å². The van der Waals surface area contributed by atoms with Crippen molar-refractivity contribution in [3.8, 4) is 0 Å². The van der Waals surface area contributed by atoms with Crippen LogP contribution in [0.3, 0.4) is 0 Å². The van der Waals surface area contributed by atoms with Gasteiger partial charge in [0, 0.05) is 22.2 Å². The molecule has 0 amide bonds. The lowest BCUT2D eigenvalue weighted by Gasteiger charge is -2.04. The number of rotatable bonds is 5. The Bertz CT molecular complexity index is 312. The van der Waals surface area contributed by atoms with E-state index in [0.717, 1.165) is 29.8 Å². The van der Waals surface area contributed by atoms with Gasteiger partial charge in [-0.1, -0.05) is 31.5 Å². The van der Waals surface area contributed by atoms with Crippen LogP contribution >= 0.6 is 0 Å². The molecule has 0 aliphatic carbocycles. The van der Waals surface area contributed by atoms with Crippen molar-refractivity contribution in [1.82, 2.24) is 0 Å². The first-order chi connectivity index (χ1) is 6.74. The summed E-state index contributed by atoms with van der Waals surface area (Å²) in [5.41, 5.74) is 7.51. The number of benzene rings is 1. The minimum Gasteiger partial charge on any atom is -0.398 e. The summed E-state index contributed by atoms with van der Waals surface area (Å²) in [7, 11) is -0.761. The SMILES string of the molecule is CCCCS(=O)Cc1ccccc1N. The zero-order valence-electron chi connectivity index (χ0n) is 8.53. The summed E-state index contributed by atoms with van der Waals surface area (Å²) in [6, 6.07) is 7.63. The quantitative estimate of drug-likeness (QED) is 0.759. The number of nitrogen functional groups attached to an aromatic ring is 1. The molecule has 1 aromatic rings. The van der Waals surface area contributed by atoms with E-state index in [0.29, 0.717) is 5.75 Å². The lowest BCUT2D eigenvalue weighted by Crippen LogP contribution is -2.03. The number of anilines is 1. The minimum absolute atomic E-state index is 0.590. The van der Waals surface area contributed by atoms with E-state index in [-0.39, 0.29) is 0 Å². The molecule has 0 bridgehead atoms. The molecule has 0 saturated carbocycles. The maximum atomic E-state index is 11.6. The van der Waals surface area contributed by atoms with Crippen molar-refractivity contribution in [3.05, 3.63) is 29.8 Å². The molecule has 78 valence electrons. The summed E-state index contributed by atoms with van der Waals surface area (Å²) in [6.45, 7) is 2.11. The molecule has 0 fully saturated rings. The van der Waals surface area contributed by atoms with Gasteiger partial charge in [0.15, 0.2) is 0 Å². The fourth-order valence-electron chi connectivity index (χ4n) is 1.22. The molecule has 1 aromatic carbocycles. The van der Waals surface area contributed by atoms with E-state index in [4.69, 9.17) is 5.73 Å². The molecule has 1 unspecified atom stereocenters. The second-order valence-electron chi connectivity index (χ2n) is 3.34. The molecule has 0 aliphatic heterocycles. The maximum Gasteiger partial charge on any atom is 0.0505 e. The first-order valence-electron chi connectivity index (χ1n) is 4.92. The predicted octanol–water partition coefficient (Wildman–Crippen LogP) is 2.32. The Morgan fingerprint density at radius 1 is 1.36 bits per heavy atom. The van der Waals surface area contributed by atoms with Gasteiger partial charge in [0.25, 0.3) is 0 Å². The van der Waals surface area contributed by atoms with Crippen LogP contribution < -0.4 is 5.73 Å². The van der Waals surface area contributed by atoms with Gasteiger partial charge in [0.1, 0.15) is 0 Å². The van der Waals surface area contributed by atoms with Crippen molar-refractivity contribution in [2.45, 2.75) is 25.5 Å². The fraction of sp³-hybridized carbons (Fsp3) is 0.455. The molecule has 0 aliphatic rings. The lowest BCUT2D eigenvalue weighted by molar-refractivity contribution is 0.679. The summed E-state index contributed by atoms with van der Waals surface area (Å²) in [5, 5.41) is 0.